The number of carbonyl (C=O) groups excluding carboxylic acids is 2. The molecule has 0 fully saturated rings. The number of nitrogens with zero attached hydrogens (tertiary/aromatic N) is 1. The third-order valence-corrected chi connectivity index (χ3v) is 4.84. The second-order valence-corrected chi connectivity index (χ2v) is 6.97. The van der Waals surface area contributed by atoms with Gasteiger partial charge in [-0.3, -0.25) is 14.6 Å². The van der Waals surface area contributed by atoms with Gasteiger partial charge in [0.1, 0.15) is 5.69 Å². The highest BCUT2D eigenvalue weighted by molar-refractivity contribution is 6.03. The van der Waals surface area contributed by atoms with Crippen molar-refractivity contribution >= 4 is 17.5 Å². The highest BCUT2D eigenvalue weighted by atomic mass is 16.2. The minimum Gasteiger partial charge on any atom is -0.341 e. The van der Waals surface area contributed by atoms with E-state index >= 15 is 0 Å². The van der Waals surface area contributed by atoms with Crippen LogP contribution in [0.1, 0.15) is 38.0 Å². The number of aromatic nitrogens is 1. The fourth-order valence-electron chi connectivity index (χ4n) is 3.26. The summed E-state index contributed by atoms with van der Waals surface area (Å²) in [4.78, 5) is 29.2. The largest absolute Gasteiger partial charge is 0.341 e. The van der Waals surface area contributed by atoms with E-state index in [1.54, 1.807) is 48.7 Å². The average molecular weight is 407 g/mol. The predicted octanol–water partition coefficient (Wildman–Crippen LogP) is 4.85. The fraction of sp³-hybridized carbons (Fsp3) is 0.0385. The molecule has 0 bridgehead atoms. The quantitative estimate of drug-likeness (QED) is 0.480. The Bertz CT molecular complexity index is 1110. The maximum absolute atomic E-state index is 12.9. The van der Waals surface area contributed by atoms with E-state index in [9.17, 15) is 9.59 Å². The molecule has 0 spiro atoms. The van der Waals surface area contributed by atoms with Gasteiger partial charge >= 0.3 is 0 Å². The third kappa shape index (κ3) is 5.03. The molecule has 0 aliphatic rings. The number of amides is 2. The van der Waals surface area contributed by atoms with E-state index in [-0.39, 0.29) is 17.9 Å². The molecule has 0 radical (unpaired) electrons. The summed E-state index contributed by atoms with van der Waals surface area (Å²) in [5.74, 6) is -0.494. The first kappa shape index (κ1) is 20.0. The molecular formula is C26H21N3O2. The molecule has 5 heteroatoms. The van der Waals surface area contributed by atoms with Crippen LogP contribution in [0.15, 0.2) is 109 Å². The normalized spacial score (nSPS) is 10.5. The van der Waals surface area contributed by atoms with Gasteiger partial charge in [-0.15, -0.1) is 0 Å². The summed E-state index contributed by atoms with van der Waals surface area (Å²) in [6, 6.07) is 31.4. The summed E-state index contributed by atoms with van der Waals surface area (Å²) in [6.07, 6.45) is 1.57. The molecule has 0 aliphatic heterocycles. The number of nitrogens with one attached hydrogen (secondary N) is 2. The molecule has 0 saturated heterocycles. The lowest BCUT2D eigenvalue weighted by molar-refractivity contribution is 0.0942. The van der Waals surface area contributed by atoms with Crippen molar-refractivity contribution in [2.75, 3.05) is 5.32 Å². The van der Waals surface area contributed by atoms with Gasteiger partial charge in [0.25, 0.3) is 11.8 Å². The number of benzene rings is 3. The van der Waals surface area contributed by atoms with Crippen molar-refractivity contribution in [1.82, 2.24) is 10.3 Å². The second-order valence-electron chi connectivity index (χ2n) is 6.97. The Kier molecular flexibility index (Phi) is 6.14. The van der Waals surface area contributed by atoms with Crippen LogP contribution < -0.4 is 10.6 Å². The van der Waals surface area contributed by atoms with E-state index in [0.717, 1.165) is 11.1 Å². The van der Waals surface area contributed by atoms with Gasteiger partial charge in [0.05, 0.1) is 6.04 Å². The number of hydrogen-bond donors (Lipinski definition) is 2. The van der Waals surface area contributed by atoms with E-state index < -0.39 is 0 Å². The first-order chi connectivity index (χ1) is 15.2. The summed E-state index contributed by atoms with van der Waals surface area (Å²) < 4.78 is 0. The Labute approximate surface area is 180 Å². The van der Waals surface area contributed by atoms with Crippen LogP contribution in [0.4, 0.5) is 5.69 Å². The number of rotatable bonds is 6. The molecule has 2 amide bonds. The minimum atomic E-state index is -0.300. The van der Waals surface area contributed by atoms with Crippen molar-refractivity contribution in [3.63, 3.8) is 0 Å². The van der Waals surface area contributed by atoms with E-state index in [2.05, 4.69) is 15.6 Å². The first-order valence-corrected chi connectivity index (χ1v) is 9.94. The summed E-state index contributed by atoms with van der Waals surface area (Å²) in [5.41, 5.74) is 3.43. The second kappa shape index (κ2) is 9.50. The van der Waals surface area contributed by atoms with Crippen LogP contribution in [0.5, 0.6) is 0 Å². The zero-order valence-corrected chi connectivity index (χ0v) is 16.7. The maximum atomic E-state index is 12.9. The van der Waals surface area contributed by atoms with Crippen molar-refractivity contribution < 1.29 is 9.59 Å². The van der Waals surface area contributed by atoms with Crippen LogP contribution >= 0.6 is 0 Å². The Balaban J connectivity index is 1.49. The summed E-state index contributed by atoms with van der Waals surface area (Å²) >= 11 is 0. The third-order valence-electron chi connectivity index (χ3n) is 4.84. The van der Waals surface area contributed by atoms with Crippen LogP contribution in [0, 0.1) is 0 Å². The standard InChI is InChI=1S/C26H21N3O2/c30-25(29-24(19-9-3-1-4-10-19)20-11-5-2-6-12-20)21-14-16-22(17-15-21)28-26(31)23-13-7-8-18-27-23/h1-18,24H,(H,28,31)(H,29,30). The van der Waals surface area contributed by atoms with Gasteiger partial charge in [-0.2, -0.15) is 0 Å². The van der Waals surface area contributed by atoms with Crippen LogP contribution in [0.3, 0.4) is 0 Å². The number of pyridine rings is 1. The molecule has 0 aliphatic carbocycles. The maximum Gasteiger partial charge on any atom is 0.274 e. The van der Waals surface area contributed by atoms with Gasteiger partial charge in [0, 0.05) is 17.4 Å². The fourth-order valence-corrected chi connectivity index (χ4v) is 3.26. The topological polar surface area (TPSA) is 71.1 Å². The van der Waals surface area contributed by atoms with Gasteiger partial charge < -0.3 is 10.6 Å². The Morgan fingerprint density at radius 3 is 1.77 bits per heavy atom. The highest BCUT2D eigenvalue weighted by Crippen LogP contribution is 2.22. The smallest absolute Gasteiger partial charge is 0.274 e. The van der Waals surface area contributed by atoms with Crippen molar-refractivity contribution in [2.45, 2.75) is 6.04 Å². The molecule has 0 atom stereocenters. The molecule has 5 nitrogen and oxygen atoms in total. The van der Waals surface area contributed by atoms with Gasteiger partial charge in [-0.05, 0) is 47.5 Å². The van der Waals surface area contributed by atoms with Crippen LogP contribution in [-0.4, -0.2) is 16.8 Å². The molecule has 3 aromatic carbocycles. The average Bonchev–Trinajstić information content (AvgIpc) is 2.84. The van der Waals surface area contributed by atoms with E-state index in [1.807, 2.05) is 60.7 Å². The zero-order valence-electron chi connectivity index (χ0n) is 16.7. The molecule has 2 N–H and O–H groups in total. The highest BCUT2D eigenvalue weighted by Gasteiger charge is 2.17. The zero-order chi connectivity index (χ0) is 21.5. The van der Waals surface area contributed by atoms with Gasteiger partial charge in [-0.25, -0.2) is 0 Å². The predicted molar refractivity (Wildman–Crippen MR) is 121 cm³/mol. The molecule has 0 saturated carbocycles. The van der Waals surface area contributed by atoms with E-state index in [1.165, 1.54) is 0 Å². The van der Waals surface area contributed by atoms with Crippen molar-refractivity contribution in [2.24, 2.45) is 0 Å². The van der Waals surface area contributed by atoms with Crippen LogP contribution in [-0.2, 0) is 0 Å². The lowest BCUT2D eigenvalue weighted by Gasteiger charge is -2.20. The molecule has 152 valence electrons. The monoisotopic (exact) mass is 407 g/mol. The molecule has 0 unspecified atom stereocenters. The van der Waals surface area contributed by atoms with Crippen LogP contribution in [0.2, 0.25) is 0 Å². The van der Waals surface area contributed by atoms with E-state index in [0.29, 0.717) is 16.9 Å². The van der Waals surface area contributed by atoms with Crippen molar-refractivity contribution in [3.8, 4) is 0 Å². The summed E-state index contributed by atoms with van der Waals surface area (Å²) in [5, 5.41) is 5.90. The number of hydrogen-bond acceptors (Lipinski definition) is 3. The number of anilines is 1. The lowest BCUT2D eigenvalue weighted by Crippen LogP contribution is -2.29. The molecule has 4 aromatic rings. The summed E-state index contributed by atoms with van der Waals surface area (Å²) in [7, 11) is 0. The molecule has 1 aromatic heterocycles. The lowest BCUT2D eigenvalue weighted by atomic mass is 9.98. The molecule has 4 rings (SSSR count). The van der Waals surface area contributed by atoms with Gasteiger partial charge in [0.15, 0.2) is 0 Å². The Morgan fingerprint density at radius 2 is 1.23 bits per heavy atom. The summed E-state index contributed by atoms with van der Waals surface area (Å²) in [6.45, 7) is 0. The van der Waals surface area contributed by atoms with Gasteiger partial charge in [0.2, 0.25) is 0 Å². The molecular weight excluding hydrogens is 386 g/mol. The number of carbonyl (C=O) groups is 2. The minimum absolute atomic E-state index is 0.194. The molecule has 1 heterocycles. The van der Waals surface area contributed by atoms with Gasteiger partial charge in [-0.1, -0.05) is 66.7 Å². The van der Waals surface area contributed by atoms with Crippen molar-refractivity contribution in [1.29, 1.82) is 0 Å². The Morgan fingerprint density at radius 1 is 0.645 bits per heavy atom. The molecule has 31 heavy (non-hydrogen) atoms. The SMILES string of the molecule is O=C(NC(c1ccccc1)c1ccccc1)c1ccc(NC(=O)c2ccccn2)cc1. The van der Waals surface area contributed by atoms with Crippen LogP contribution in [0.25, 0.3) is 0 Å². The van der Waals surface area contributed by atoms with Crippen molar-refractivity contribution in [3.05, 3.63) is 132 Å². The Hall–Kier alpha value is -4.25. The first-order valence-electron chi connectivity index (χ1n) is 9.94. The van der Waals surface area contributed by atoms with E-state index in [4.69, 9.17) is 0 Å².